The summed E-state index contributed by atoms with van der Waals surface area (Å²) in [7, 11) is 0. The summed E-state index contributed by atoms with van der Waals surface area (Å²) in [6.45, 7) is 0.423. The highest BCUT2D eigenvalue weighted by Crippen LogP contribution is 2.25. The highest BCUT2D eigenvalue weighted by Gasteiger charge is 2.29. The third-order valence-corrected chi connectivity index (χ3v) is 5.09. The van der Waals surface area contributed by atoms with Crippen LogP contribution in [0.4, 0.5) is 4.79 Å². The van der Waals surface area contributed by atoms with Gasteiger partial charge in [-0.1, -0.05) is 42.1 Å². The third-order valence-electron chi connectivity index (χ3n) is 4.23. The predicted molar refractivity (Wildman–Crippen MR) is 97.7 cm³/mol. The topological polar surface area (TPSA) is 82.3 Å². The molecule has 6 nitrogen and oxygen atoms in total. The number of carbonyl (C=O) groups is 3. The van der Waals surface area contributed by atoms with E-state index < -0.39 is 0 Å². The number of aromatic amines is 1. The van der Waals surface area contributed by atoms with Crippen LogP contribution in [0.5, 0.6) is 0 Å². The van der Waals surface area contributed by atoms with Crippen molar-refractivity contribution < 1.29 is 14.4 Å². The summed E-state index contributed by atoms with van der Waals surface area (Å²) in [5.74, 6) is -0.282. The number of imide groups is 1. The molecule has 1 aliphatic rings. The molecule has 0 saturated carbocycles. The molecule has 1 saturated heterocycles. The zero-order chi connectivity index (χ0) is 17.4. The van der Waals surface area contributed by atoms with Gasteiger partial charge >= 0.3 is 0 Å². The van der Waals surface area contributed by atoms with Crippen molar-refractivity contribution in [2.75, 3.05) is 18.8 Å². The van der Waals surface area contributed by atoms with Crippen LogP contribution in [0.1, 0.15) is 10.5 Å². The molecule has 0 unspecified atom stereocenters. The SMILES string of the molecule is O=C(NCCN1C(=O)CSC1=O)c1cc2c(ccc3ccccc32)[nH]1. The van der Waals surface area contributed by atoms with Crippen LogP contribution in [0.15, 0.2) is 42.5 Å². The monoisotopic (exact) mass is 353 g/mol. The Morgan fingerprint density at radius 3 is 2.80 bits per heavy atom. The first-order valence-corrected chi connectivity index (χ1v) is 8.88. The summed E-state index contributed by atoms with van der Waals surface area (Å²) in [6.07, 6.45) is 0. The van der Waals surface area contributed by atoms with Crippen molar-refractivity contribution in [3.63, 3.8) is 0 Å². The van der Waals surface area contributed by atoms with Gasteiger partial charge in [0.2, 0.25) is 5.91 Å². The average Bonchev–Trinajstić information content (AvgIpc) is 3.20. The van der Waals surface area contributed by atoms with Crippen LogP contribution in [0.25, 0.3) is 21.7 Å². The lowest BCUT2D eigenvalue weighted by molar-refractivity contribution is -0.124. The summed E-state index contributed by atoms with van der Waals surface area (Å²) in [5, 5.41) is 5.69. The van der Waals surface area contributed by atoms with Crippen LogP contribution in [0, 0.1) is 0 Å². The van der Waals surface area contributed by atoms with E-state index in [1.165, 1.54) is 4.90 Å². The molecule has 3 aromatic rings. The van der Waals surface area contributed by atoms with Gasteiger partial charge in [-0.3, -0.25) is 19.3 Å². The zero-order valence-electron chi connectivity index (χ0n) is 13.2. The number of nitrogens with one attached hydrogen (secondary N) is 2. The van der Waals surface area contributed by atoms with E-state index in [2.05, 4.69) is 10.3 Å². The van der Waals surface area contributed by atoms with Crippen LogP contribution in [0.2, 0.25) is 0 Å². The van der Waals surface area contributed by atoms with E-state index in [1.54, 1.807) is 0 Å². The minimum absolute atomic E-state index is 0.182. The first kappa shape index (κ1) is 15.7. The molecule has 0 radical (unpaired) electrons. The van der Waals surface area contributed by atoms with Crippen molar-refractivity contribution in [2.24, 2.45) is 0 Å². The minimum Gasteiger partial charge on any atom is -0.351 e. The van der Waals surface area contributed by atoms with E-state index in [1.807, 2.05) is 42.5 Å². The molecule has 0 spiro atoms. The Balaban J connectivity index is 1.49. The molecular formula is C18H15N3O3S. The number of hydrogen-bond donors (Lipinski definition) is 2. The third kappa shape index (κ3) is 2.87. The number of fused-ring (bicyclic) bond motifs is 3. The molecule has 25 heavy (non-hydrogen) atoms. The van der Waals surface area contributed by atoms with Crippen molar-refractivity contribution in [3.05, 3.63) is 48.2 Å². The molecule has 0 atom stereocenters. The Morgan fingerprint density at radius 2 is 2.00 bits per heavy atom. The molecule has 2 heterocycles. The quantitative estimate of drug-likeness (QED) is 0.756. The smallest absolute Gasteiger partial charge is 0.288 e. The Hall–Kier alpha value is -2.80. The Kier molecular flexibility index (Phi) is 3.93. The highest BCUT2D eigenvalue weighted by molar-refractivity contribution is 8.14. The van der Waals surface area contributed by atoms with Gasteiger partial charge in [0.25, 0.3) is 11.1 Å². The Labute approximate surface area is 147 Å². The average molecular weight is 353 g/mol. The van der Waals surface area contributed by atoms with Gasteiger partial charge < -0.3 is 10.3 Å². The lowest BCUT2D eigenvalue weighted by atomic mass is 10.1. The Bertz CT molecular complexity index is 995. The largest absolute Gasteiger partial charge is 0.351 e. The van der Waals surface area contributed by atoms with Gasteiger partial charge in [0.15, 0.2) is 0 Å². The Morgan fingerprint density at radius 1 is 1.16 bits per heavy atom. The summed E-state index contributed by atoms with van der Waals surface area (Å²) in [4.78, 5) is 39.7. The van der Waals surface area contributed by atoms with E-state index in [4.69, 9.17) is 0 Å². The molecule has 2 aromatic carbocycles. The van der Waals surface area contributed by atoms with Gasteiger partial charge in [-0.15, -0.1) is 0 Å². The second-order valence-electron chi connectivity index (χ2n) is 5.79. The molecule has 4 rings (SSSR count). The maximum atomic E-state index is 12.4. The molecule has 2 N–H and O–H groups in total. The summed E-state index contributed by atoms with van der Waals surface area (Å²) in [5.41, 5.74) is 1.35. The van der Waals surface area contributed by atoms with Crippen molar-refractivity contribution in [2.45, 2.75) is 0 Å². The number of carbonyl (C=O) groups excluding carboxylic acids is 3. The normalized spacial score (nSPS) is 14.6. The maximum Gasteiger partial charge on any atom is 0.288 e. The van der Waals surface area contributed by atoms with Gasteiger partial charge in [-0.05, 0) is 22.9 Å². The molecule has 1 fully saturated rings. The van der Waals surface area contributed by atoms with Crippen LogP contribution >= 0.6 is 11.8 Å². The second kappa shape index (κ2) is 6.25. The highest BCUT2D eigenvalue weighted by atomic mass is 32.2. The number of benzene rings is 2. The van der Waals surface area contributed by atoms with Crippen LogP contribution in [0.3, 0.4) is 0 Å². The number of amides is 3. The molecule has 1 aromatic heterocycles. The van der Waals surface area contributed by atoms with Gasteiger partial charge in [-0.2, -0.15) is 0 Å². The first-order valence-electron chi connectivity index (χ1n) is 7.89. The van der Waals surface area contributed by atoms with E-state index in [-0.39, 0.29) is 35.9 Å². The van der Waals surface area contributed by atoms with Gasteiger partial charge in [-0.25, -0.2) is 0 Å². The summed E-state index contributed by atoms with van der Waals surface area (Å²) >= 11 is 0.991. The van der Waals surface area contributed by atoms with E-state index in [0.29, 0.717) is 5.69 Å². The number of thioether (sulfide) groups is 1. The molecule has 7 heteroatoms. The molecule has 0 bridgehead atoms. The van der Waals surface area contributed by atoms with E-state index >= 15 is 0 Å². The molecule has 126 valence electrons. The summed E-state index contributed by atoms with van der Waals surface area (Å²) in [6, 6.07) is 13.8. The number of aromatic nitrogens is 1. The second-order valence-corrected chi connectivity index (χ2v) is 6.71. The van der Waals surface area contributed by atoms with Crippen molar-refractivity contribution in [1.29, 1.82) is 0 Å². The maximum absolute atomic E-state index is 12.4. The van der Waals surface area contributed by atoms with Crippen LogP contribution < -0.4 is 5.32 Å². The fraction of sp³-hybridized carbons (Fsp3) is 0.167. The first-order chi connectivity index (χ1) is 12.1. The number of hydrogen-bond acceptors (Lipinski definition) is 4. The van der Waals surface area contributed by atoms with Crippen molar-refractivity contribution >= 4 is 50.5 Å². The van der Waals surface area contributed by atoms with Crippen LogP contribution in [-0.4, -0.2) is 45.8 Å². The van der Waals surface area contributed by atoms with Gasteiger partial charge in [0.1, 0.15) is 5.69 Å². The van der Waals surface area contributed by atoms with E-state index in [0.717, 1.165) is 33.4 Å². The lowest BCUT2D eigenvalue weighted by Crippen LogP contribution is -2.37. The molecular weight excluding hydrogens is 338 g/mol. The van der Waals surface area contributed by atoms with Crippen molar-refractivity contribution in [3.8, 4) is 0 Å². The van der Waals surface area contributed by atoms with Gasteiger partial charge in [0.05, 0.1) is 5.75 Å². The number of nitrogens with zero attached hydrogens (tertiary/aromatic N) is 1. The number of rotatable bonds is 4. The lowest BCUT2D eigenvalue weighted by Gasteiger charge is -2.12. The zero-order valence-corrected chi connectivity index (χ0v) is 14.1. The standard InChI is InChI=1S/C18H15N3O3S/c22-16-10-25-18(24)21(16)8-7-19-17(23)15-9-13-12-4-2-1-3-11(12)5-6-14(13)20-15/h1-6,9,20H,7-8,10H2,(H,19,23). The van der Waals surface area contributed by atoms with E-state index in [9.17, 15) is 14.4 Å². The fourth-order valence-corrected chi connectivity index (χ4v) is 3.73. The molecule has 3 amide bonds. The fourth-order valence-electron chi connectivity index (χ4n) is 2.98. The molecule has 1 aliphatic heterocycles. The van der Waals surface area contributed by atoms with Crippen LogP contribution in [-0.2, 0) is 4.79 Å². The predicted octanol–water partition coefficient (Wildman–Crippen LogP) is 2.75. The minimum atomic E-state index is -0.257. The summed E-state index contributed by atoms with van der Waals surface area (Å²) < 4.78 is 0. The number of H-pyrrole nitrogens is 1. The molecule has 0 aliphatic carbocycles. The van der Waals surface area contributed by atoms with Gasteiger partial charge in [0, 0.05) is 24.0 Å². The van der Waals surface area contributed by atoms with Crippen molar-refractivity contribution in [1.82, 2.24) is 15.2 Å².